The van der Waals surface area contributed by atoms with E-state index in [9.17, 15) is 4.79 Å². The molecule has 0 saturated heterocycles. The number of hydrogen-bond acceptors (Lipinski definition) is 3. The van der Waals surface area contributed by atoms with Gasteiger partial charge in [-0.05, 0) is 62.1 Å². The van der Waals surface area contributed by atoms with E-state index in [1.165, 1.54) is 11.1 Å². The minimum atomic E-state index is -0.0995. The van der Waals surface area contributed by atoms with Crippen LogP contribution in [0.4, 0.5) is 16.2 Å². The summed E-state index contributed by atoms with van der Waals surface area (Å²) in [6, 6.07) is 13.5. The molecule has 0 aromatic heterocycles. The number of nitrogens with zero attached hydrogens (tertiary/aromatic N) is 1. The third kappa shape index (κ3) is 4.31. The van der Waals surface area contributed by atoms with E-state index in [0.717, 1.165) is 37.2 Å². The maximum atomic E-state index is 12.8. The fourth-order valence-corrected chi connectivity index (χ4v) is 3.05. The number of rotatable bonds is 4. The molecule has 1 aliphatic heterocycles. The van der Waals surface area contributed by atoms with Gasteiger partial charge in [-0.3, -0.25) is 4.90 Å². The number of urea groups is 1. The first-order valence-corrected chi connectivity index (χ1v) is 8.57. The minimum Gasteiger partial charge on any atom is -0.468 e. The van der Waals surface area contributed by atoms with Crippen molar-refractivity contribution in [1.82, 2.24) is 0 Å². The number of methoxy groups -OCH3 is 1. The predicted octanol–water partition coefficient (Wildman–Crippen LogP) is 4.35. The van der Waals surface area contributed by atoms with Gasteiger partial charge >= 0.3 is 6.03 Å². The lowest BCUT2D eigenvalue weighted by molar-refractivity contribution is 0.0511. The SMILES string of the molecule is COCOc1ccc(NC(=O)N2CCCCc3cc(C)ccc32)cc1. The van der Waals surface area contributed by atoms with Crippen LogP contribution in [0.3, 0.4) is 0 Å². The summed E-state index contributed by atoms with van der Waals surface area (Å²) in [6.45, 7) is 3.02. The summed E-state index contributed by atoms with van der Waals surface area (Å²) in [6.07, 6.45) is 3.13. The van der Waals surface area contributed by atoms with Crippen LogP contribution in [0.15, 0.2) is 42.5 Å². The van der Waals surface area contributed by atoms with Crippen LogP contribution in [0.25, 0.3) is 0 Å². The summed E-state index contributed by atoms with van der Waals surface area (Å²) in [7, 11) is 1.58. The molecule has 0 atom stereocenters. The van der Waals surface area contributed by atoms with Crippen molar-refractivity contribution >= 4 is 17.4 Å². The van der Waals surface area contributed by atoms with E-state index in [0.29, 0.717) is 5.75 Å². The lowest BCUT2D eigenvalue weighted by atomic mass is 10.1. The zero-order chi connectivity index (χ0) is 17.6. The Morgan fingerprint density at radius 3 is 2.72 bits per heavy atom. The van der Waals surface area contributed by atoms with E-state index in [1.54, 1.807) is 7.11 Å². The van der Waals surface area contributed by atoms with Gasteiger partial charge < -0.3 is 14.8 Å². The second kappa shape index (κ2) is 8.03. The van der Waals surface area contributed by atoms with Crippen LogP contribution in [-0.2, 0) is 11.2 Å². The summed E-state index contributed by atoms with van der Waals surface area (Å²) >= 11 is 0. The fraction of sp³-hybridized carbons (Fsp3) is 0.350. The maximum Gasteiger partial charge on any atom is 0.326 e. The van der Waals surface area contributed by atoms with E-state index < -0.39 is 0 Å². The Hall–Kier alpha value is -2.53. The molecule has 0 saturated carbocycles. The number of amides is 2. The zero-order valence-electron chi connectivity index (χ0n) is 14.7. The molecular formula is C20H24N2O3. The third-order valence-corrected chi connectivity index (χ3v) is 4.30. The van der Waals surface area contributed by atoms with Gasteiger partial charge in [-0.1, -0.05) is 17.7 Å². The molecule has 1 heterocycles. The first-order valence-electron chi connectivity index (χ1n) is 8.57. The standard InChI is InChI=1S/C20H24N2O3/c1-15-6-11-19-16(13-15)5-3-4-12-22(19)20(23)21-17-7-9-18(10-8-17)25-14-24-2/h6-11,13H,3-5,12,14H2,1-2H3,(H,21,23). The number of nitrogens with one attached hydrogen (secondary N) is 1. The average molecular weight is 340 g/mol. The quantitative estimate of drug-likeness (QED) is 0.842. The number of aryl methyl sites for hydroxylation is 2. The van der Waals surface area contributed by atoms with Crippen molar-refractivity contribution in [1.29, 1.82) is 0 Å². The lowest BCUT2D eigenvalue weighted by Crippen LogP contribution is -2.35. The number of ether oxygens (including phenoxy) is 2. The Morgan fingerprint density at radius 1 is 1.16 bits per heavy atom. The summed E-state index contributed by atoms with van der Waals surface area (Å²) in [5, 5.41) is 2.98. The third-order valence-electron chi connectivity index (χ3n) is 4.30. The highest BCUT2D eigenvalue weighted by Crippen LogP contribution is 2.28. The van der Waals surface area contributed by atoms with Gasteiger partial charge in [0.25, 0.3) is 0 Å². The highest BCUT2D eigenvalue weighted by Gasteiger charge is 2.21. The topological polar surface area (TPSA) is 50.8 Å². The van der Waals surface area contributed by atoms with Crippen molar-refractivity contribution in [3.05, 3.63) is 53.6 Å². The largest absolute Gasteiger partial charge is 0.468 e. The summed E-state index contributed by atoms with van der Waals surface area (Å²) in [5.74, 6) is 0.704. The van der Waals surface area contributed by atoms with Gasteiger partial charge in [0.2, 0.25) is 0 Å². The number of carbonyl (C=O) groups excluding carboxylic acids is 1. The summed E-state index contributed by atoms with van der Waals surface area (Å²) in [5.41, 5.74) is 4.23. The minimum absolute atomic E-state index is 0.0995. The Morgan fingerprint density at radius 2 is 1.96 bits per heavy atom. The van der Waals surface area contributed by atoms with Gasteiger partial charge in [-0.2, -0.15) is 0 Å². The zero-order valence-corrected chi connectivity index (χ0v) is 14.7. The van der Waals surface area contributed by atoms with Crippen LogP contribution in [0.1, 0.15) is 24.0 Å². The van der Waals surface area contributed by atoms with Crippen LogP contribution >= 0.6 is 0 Å². The van der Waals surface area contributed by atoms with Crippen LogP contribution in [-0.4, -0.2) is 26.5 Å². The summed E-state index contributed by atoms with van der Waals surface area (Å²) in [4.78, 5) is 14.6. The molecule has 25 heavy (non-hydrogen) atoms. The Bertz CT molecular complexity index is 728. The average Bonchev–Trinajstić information content (AvgIpc) is 2.83. The molecule has 2 amide bonds. The molecule has 0 spiro atoms. The van der Waals surface area contributed by atoms with Gasteiger partial charge in [0, 0.05) is 25.0 Å². The molecule has 0 unspecified atom stereocenters. The van der Waals surface area contributed by atoms with E-state index >= 15 is 0 Å². The van der Waals surface area contributed by atoms with E-state index in [4.69, 9.17) is 9.47 Å². The molecule has 5 heteroatoms. The highest BCUT2D eigenvalue weighted by atomic mass is 16.7. The van der Waals surface area contributed by atoms with Crippen LogP contribution in [0, 0.1) is 6.92 Å². The molecule has 0 radical (unpaired) electrons. The number of hydrogen-bond donors (Lipinski definition) is 1. The first kappa shape index (κ1) is 17.3. The van der Waals surface area contributed by atoms with E-state index in [2.05, 4.69) is 30.4 Å². The molecule has 1 aliphatic rings. The number of fused-ring (bicyclic) bond motifs is 1. The van der Waals surface area contributed by atoms with Crippen LogP contribution in [0.2, 0.25) is 0 Å². The molecule has 2 aromatic rings. The van der Waals surface area contributed by atoms with Gasteiger partial charge in [-0.25, -0.2) is 4.79 Å². The molecule has 0 aliphatic carbocycles. The lowest BCUT2D eigenvalue weighted by Gasteiger charge is -2.23. The van der Waals surface area contributed by atoms with E-state index in [1.807, 2.05) is 29.2 Å². The summed E-state index contributed by atoms with van der Waals surface area (Å²) < 4.78 is 10.2. The molecule has 132 valence electrons. The molecule has 2 aromatic carbocycles. The van der Waals surface area contributed by atoms with Crippen molar-refractivity contribution in [3.8, 4) is 5.75 Å². The number of benzene rings is 2. The van der Waals surface area contributed by atoms with Crippen molar-refractivity contribution < 1.29 is 14.3 Å². The van der Waals surface area contributed by atoms with Crippen LogP contribution < -0.4 is 15.0 Å². The predicted molar refractivity (Wildman–Crippen MR) is 99.4 cm³/mol. The molecule has 3 rings (SSSR count). The van der Waals surface area contributed by atoms with Crippen LogP contribution in [0.5, 0.6) is 5.75 Å². The van der Waals surface area contributed by atoms with Crippen molar-refractivity contribution in [2.75, 3.05) is 30.7 Å². The number of carbonyl (C=O) groups is 1. The monoisotopic (exact) mass is 340 g/mol. The normalized spacial score (nSPS) is 13.8. The molecule has 0 fully saturated rings. The van der Waals surface area contributed by atoms with Crippen molar-refractivity contribution in [2.45, 2.75) is 26.2 Å². The molecular weight excluding hydrogens is 316 g/mol. The van der Waals surface area contributed by atoms with Gasteiger partial charge in [0.1, 0.15) is 5.75 Å². The number of anilines is 2. The molecule has 0 bridgehead atoms. The van der Waals surface area contributed by atoms with Gasteiger partial charge in [0.05, 0.1) is 0 Å². The second-order valence-corrected chi connectivity index (χ2v) is 6.25. The Labute approximate surface area is 148 Å². The molecule has 5 nitrogen and oxygen atoms in total. The Kier molecular flexibility index (Phi) is 5.56. The van der Waals surface area contributed by atoms with Gasteiger partial charge in [0.15, 0.2) is 6.79 Å². The van der Waals surface area contributed by atoms with Crippen molar-refractivity contribution in [3.63, 3.8) is 0 Å². The van der Waals surface area contributed by atoms with E-state index in [-0.39, 0.29) is 12.8 Å². The smallest absolute Gasteiger partial charge is 0.326 e. The second-order valence-electron chi connectivity index (χ2n) is 6.25. The van der Waals surface area contributed by atoms with Crippen molar-refractivity contribution in [2.24, 2.45) is 0 Å². The van der Waals surface area contributed by atoms with Gasteiger partial charge in [-0.15, -0.1) is 0 Å². The maximum absolute atomic E-state index is 12.8. The fourth-order valence-electron chi connectivity index (χ4n) is 3.05. The highest BCUT2D eigenvalue weighted by molar-refractivity contribution is 6.02. The molecule has 1 N–H and O–H groups in total. The Balaban J connectivity index is 1.72. The first-order chi connectivity index (χ1) is 12.2.